The van der Waals surface area contributed by atoms with Crippen molar-refractivity contribution < 1.29 is 4.52 Å². The Bertz CT molecular complexity index is 285. The molecule has 3 N–H and O–H groups in total. The van der Waals surface area contributed by atoms with E-state index in [-0.39, 0.29) is 6.04 Å². The third-order valence-electron chi connectivity index (χ3n) is 2.74. The minimum atomic E-state index is 0.211. The van der Waals surface area contributed by atoms with Crippen LogP contribution in [0.25, 0.3) is 0 Å². The zero-order valence-corrected chi connectivity index (χ0v) is 9.79. The minimum Gasteiger partial charge on any atom is -0.361 e. The predicted molar refractivity (Wildman–Crippen MR) is 60.4 cm³/mol. The van der Waals surface area contributed by atoms with Crippen molar-refractivity contribution in [1.29, 1.82) is 0 Å². The standard InChI is InChI=1S/C11H21N3O/c1-4-8(2)11(12)7-13-6-10-5-9(3)15-14-10/h5,8,11,13H,4,6-7,12H2,1-3H3. The molecule has 15 heavy (non-hydrogen) atoms. The van der Waals surface area contributed by atoms with Crippen molar-refractivity contribution in [3.63, 3.8) is 0 Å². The van der Waals surface area contributed by atoms with Crippen LogP contribution in [0.3, 0.4) is 0 Å². The smallest absolute Gasteiger partial charge is 0.133 e. The van der Waals surface area contributed by atoms with E-state index in [1.165, 1.54) is 0 Å². The Balaban J connectivity index is 2.21. The van der Waals surface area contributed by atoms with Crippen LogP contribution in [0, 0.1) is 12.8 Å². The molecule has 0 spiro atoms. The normalized spacial score (nSPS) is 15.2. The number of hydrogen-bond acceptors (Lipinski definition) is 4. The van der Waals surface area contributed by atoms with Crippen LogP contribution in [0.5, 0.6) is 0 Å². The lowest BCUT2D eigenvalue weighted by Gasteiger charge is -2.18. The number of aryl methyl sites for hydroxylation is 1. The van der Waals surface area contributed by atoms with Crippen molar-refractivity contribution in [1.82, 2.24) is 10.5 Å². The molecule has 86 valence electrons. The van der Waals surface area contributed by atoms with E-state index >= 15 is 0 Å². The fourth-order valence-electron chi connectivity index (χ4n) is 1.37. The molecule has 0 aliphatic heterocycles. The number of nitrogens with one attached hydrogen (secondary N) is 1. The van der Waals surface area contributed by atoms with Gasteiger partial charge in [-0.05, 0) is 12.8 Å². The first-order valence-electron chi connectivity index (χ1n) is 5.52. The Morgan fingerprint density at radius 3 is 2.87 bits per heavy atom. The second-order valence-electron chi connectivity index (χ2n) is 4.11. The minimum absolute atomic E-state index is 0.211. The fourth-order valence-corrected chi connectivity index (χ4v) is 1.37. The van der Waals surface area contributed by atoms with E-state index in [9.17, 15) is 0 Å². The van der Waals surface area contributed by atoms with Gasteiger partial charge in [0.15, 0.2) is 0 Å². The van der Waals surface area contributed by atoms with Gasteiger partial charge in [0, 0.05) is 25.2 Å². The van der Waals surface area contributed by atoms with Crippen LogP contribution in [-0.2, 0) is 6.54 Å². The molecule has 2 unspecified atom stereocenters. The molecule has 0 aliphatic rings. The predicted octanol–water partition coefficient (Wildman–Crippen LogP) is 1.45. The van der Waals surface area contributed by atoms with Crippen molar-refractivity contribution in [2.75, 3.05) is 6.54 Å². The van der Waals surface area contributed by atoms with Crippen LogP contribution < -0.4 is 11.1 Å². The SMILES string of the molecule is CCC(C)C(N)CNCc1cc(C)on1. The average Bonchev–Trinajstić information content (AvgIpc) is 2.63. The summed E-state index contributed by atoms with van der Waals surface area (Å²) in [4.78, 5) is 0. The molecule has 0 bridgehead atoms. The second kappa shape index (κ2) is 5.88. The van der Waals surface area contributed by atoms with Gasteiger partial charge in [-0.2, -0.15) is 0 Å². The van der Waals surface area contributed by atoms with Gasteiger partial charge in [0.05, 0.1) is 5.69 Å². The van der Waals surface area contributed by atoms with E-state index in [1.807, 2.05) is 13.0 Å². The van der Waals surface area contributed by atoms with Gasteiger partial charge in [-0.1, -0.05) is 25.4 Å². The van der Waals surface area contributed by atoms with Gasteiger partial charge >= 0.3 is 0 Å². The number of rotatable bonds is 6. The summed E-state index contributed by atoms with van der Waals surface area (Å²) in [5.74, 6) is 1.40. The molecule has 0 radical (unpaired) electrons. The van der Waals surface area contributed by atoms with Crippen LogP contribution in [0.15, 0.2) is 10.6 Å². The van der Waals surface area contributed by atoms with Crippen molar-refractivity contribution in [3.05, 3.63) is 17.5 Å². The van der Waals surface area contributed by atoms with Gasteiger partial charge in [0.25, 0.3) is 0 Å². The number of nitrogens with two attached hydrogens (primary N) is 1. The highest BCUT2D eigenvalue weighted by molar-refractivity contribution is 5.02. The first-order valence-corrected chi connectivity index (χ1v) is 5.52. The largest absolute Gasteiger partial charge is 0.361 e. The summed E-state index contributed by atoms with van der Waals surface area (Å²) in [6, 6.07) is 2.14. The summed E-state index contributed by atoms with van der Waals surface area (Å²) >= 11 is 0. The van der Waals surface area contributed by atoms with E-state index in [0.717, 1.165) is 31.0 Å². The molecule has 1 heterocycles. The van der Waals surface area contributed by atoms with Gasteiger partial charge in [-0.3, -0.25) is 0 Å². The van der Waals surface area contributed by atoms with Crippen LogP contribution in [0.2, 0.25) is 0 Å². The van der Waals surface area contributed by atoms with Gasteiger partial charge in [-0.25, -0.2) is 0 Å². The van der Waals surface area contributed by atoms with E-state index in [1.54, 1.807) is 0 Å². The summed E-state index contributed by atoms with van der Waals surface area (Å²) in [6.45, 7) is 7.77. The highest BCUT2D eigenvalue weighted by Crippen LogP contribution is 2.05. The molecule has 0 fully saturated rings. The second-order valence-corrected chi connectivity index (χ2v) is 4.11. The molecule has 1 aromatic heterocycles. The highest BCUT2D eigenvalue weighted by Gasteiger charge is 2.10. The summed E-state index contributed by atoms with van der Waals surface area (Å²) < 4.78 is 4.97. The molecular weight excluding hydrogens is 190 g/mol. The Morgan fingerprint density at radius 2 is 2.33 bits per heavy atom. The average molecular weight is 211 g/mol. The summed E-state index contributed by atoms with van der Waals surface area (Å²) in [7, 11) is 0. The van der Waals surface area contributed by atoms with Crippen LogP contribution >= 0.6 is 0 Å². The molecule has 4 nitrogen and oxygen atoms in total. The monoisotopic (exact) mass is 211 g/mol. The summed E-state index contributed by atoms with van der Waals surface area (Å²) in [5, 5.41) is 7.18. The first-order chi connectivity index (χ1) is 7.13. The van der Waals surface area contributed by atoms with Crippen molar-refractivity contribution in [3.8, 4) is 0 Å². The lowest BCUT2D eigenvalue weighted by molar-refractivity contribution is 0.383. The summed E-state index contributed by atoms with van der Waals surface area (Å²) in [5.41, 5.74) is 6.92. The number of nitrogens with zero attached hydrogens (tertiary/aromatic N) is 1. The van der Waals surface area contributed by atoms with Gasteiger partial charge in [-0.15, -0.1) is 0 Å². The molecule has 0 aromatic carbocycles. The molecule has 1 rings (SSSR count). The van der Waals surface area contributed by atoms with E-state index in [2.05, 4.69) is 24.3 Å². The number of hydrogen-bond donors (Lipinski definition) is 2. The lowest BCUT2D eigenvalue weighted by atomic mass is 10.0. The fraction of sp³-hybridized carbons (Fsp3) is 0.727. The molecule has 4 heteroatoms. The van der Waals surface area contributed by atoms with Crippen molar-refractivity contribution in [2.24, 2.45) is 11.7 Å². The summed E-state index contributed by atoms with van der Waals surface area (Å²) in [6.07, 6.45) is 1.12. The highest BCUT2D eigenvalue weighted by atomic mass is 16.5. The molecular formula is C11H21N3O. The quantitative estimate of drug-likeness (QED) is 0.747. The Labute approximate surface area is 91.2 Å². The molecule has 0 saturated heterocycles. The van der Waals surface area contributed by atoms with Crippen LogP contribution in [0.1, 0.15) is 31.7 Å². The van der Waals surface area contributed by atoms with Gasteiger partial charge in [0.1, 0.15) is 5.76 Å². The Kier molecular flexibility index (Phi) is 4.78. The van der Waals surface area contributed by atoms with E-state index in [0.29, 0.717) is 5.92 Å². The van der Waals surface area contributed by atoms with Crippen molar-refractivity contribution in [2.45, 2.75) is 39.8 Å². The maximum absolute atomic E-state index is 5.99. The van der Waals surface area contributed by atoms with Gasteiger partial charge in [0.2, 0.25) is 0 Å². The van der Waals surface area contributed by atoms with Crippen LogP contribution in [-0.4, -0.2) is 17.7 Å². The molecule has 0 saturated carbocycles. The third kappa shape index (κ3) is 4.01. The maximum Gasteiger partial charge on any atom is 0.133 e. The van der Waals surface area contributed by atoms with E-state index in [4.69, 9.17) is 10.3 Å². The molecule has 0 aliphatic carbocycles. The van der Waals surface area contributed by atoms with Crippen molar-refractivity contribution >= 4 is 0 Å². The lowest BCUT2D eigenvalue weighted by Crippen LogP contribution is -2.38. The third-order valence-corrected chi connectivity index (χ3v) is 2.74. The molecule has 1 aromatic rings. The first kappa shape index (κ1) is 12.2. The zero-order chi connectivity index (χ0) is 11.3. The maximum atomic E-state index is 5.99. The Hall–Kier alpha value is -0.870. The molecule has 0 amide bonds. The number of aromatic nitrogens is 1. The molecule has 2 atom stereocenters. The van der Waals surface area contributed by atoms with Crippen LogP contribution in [0.4, 0.5) is 0 Å². The Morgan fingerprint density at radius 1 is 1.60 bits per heavy atom. The van der Waals surface area contributed by atoms with Gasteiger partial charge < -0.3 is 15.6 Å². The van der Waals surface area contributed by atoms with E-state index < -0.39 is 0 Å². The zero-order valence-electron chi connectivity index (χ0n) is 9.79. The topological polar surface area (TPSA) is 64.1 Å².